The summed E-state index contributed by atoms with van der Waals surface area (Å²) in [7, 11) is -7.37. The number of β-lactam (4-membered cyclic amide) rings is 1. The fraction of sp³-hybridized carbons (Fsp3) is 0.565. The van der Waals surface area contributed by atoms with E-state index in [2.05, 4.69) is 62.2 Å². The highest BCUT2D eigenvalue weighted by molar-refractivity contribution is 7.92. The number of rotatable bonds is 1. The number of hydrogen-bond acceptors (Lipinski definition) is 5. The zero-order valence-corrected chi connectivity index (χ0v) is 23.5. The molecule has 0 saturated carbocycles. The molecule has 0 bridgehead atoms. The quantitative estimate of drug-likeness (QED) is 0.185. The van der Waals surface area contributed by atoms with Gasteiger partial charge in [0.25, 0.3) is 5.91 Å². The summed E-state index contributed by atoms with van der Waals surface area (Å²) in [6.07, 6.45) is 0. The molecule has 32 heavy (non-hydrogen) atoms. The number of carbonyl (C=O) groups is 2. The number of esters is 1. The molecule has 1 fully saturated rings. The molecule has 0 aromatic heterocycles. The lowest BCUT2D eigenvalue weighted by molar-refractivity contribution is -0.155. The molecule has 0 N–H and O–H groups in total. The second-order valence-corrected chi connectivity index (χ2v) is 22.8. The first-order chi connectivity index (χ1) is 14.2. The van der Waals surface area contributed by atoms with Crippen molar-refractivity contribution in [3.63, 3.8) is 0 Å². The maximum absolute atomic E-state index is 13.2. The molecule has 0 spiro atoms. The largest absolute Gasteiger partial charge is 0.455 e. The number of allylic oxidation sites excluding steroid dienone is 1. The standard InChI is InChI=1S/C23H33NO5SSi2/c1-16-15-30(27,28)21-18(17(11-13-31(5,6)7)12-14-32(8,9)10)20(25)24(21)19(16)22(26)29-23(2,3)4/h21H,15H2,1-10H3. The lowest BCUT2D eigenvalue weighted by atomic mass is 9.97. The molecule has 2 heterocycles. The van der Waals surface area contributed by atoms with E-state index < -0.39 is 48.8 Å². The fourth-order valence-electron chi connectivity index (χ4n) is 3.11. The van der Waals surface area contributed by atoms with Crippen LogP contribution in [-0.2, 0) is 24.2 Å². The lowest BCUT2D eigenvalue weighted by Crippen LogP contribution is -2.62. The highest BCUT2D eigenvalue weighted by atomic mass is 32.2. The highest BCUT2D eigenvalue weighted by Crippen LogP contribution is 2.42. The number of nitrogens with zero attached hydrogens (tertiary/aromatic N) is 1. The van der Waals surface area contributed by atoms with Crippen LogP contribution in [0.15, 0.2) is 22.4 Å². The molecule has 2 aliphatic rings. The van der Waals surface area contributed by atoms with Crippen molar-refractivity contribution in [2.24, 2.45) is 0 Å². The molecule has 9 heteroatoms. The average Bonchev–Trinajstić information content (AvgIpc) is 2.53. The molecule has 174 valence electrons. The van der Waals surface area contributed by atoms with Gasteiger partial charge in [-0.3, -0.25) is 9.69 Å². The van der Waals surface area contributed by atoms with Crippen LogP contribution < -0.4 is 0 Å². The molecule has 0 aromatic carbocycles. The Kier molecular flexibility index (Phi) is 6.84. The van der Waals surface area contributed by atoms with Crippen LogP contribution in [0.3, 0.4) is 0 Å². The van der Waals surface area contributed by atoms with E-state index in [0.717, 1.165) is 4.90 Å². The topological polar surface area (TPSA) is 80.8 Å². The van der Waals surface area contributed by atoms with Crippen molar-refractivity contribution in [2.75, 3.05) is 5.75 Å². The maximum atomic E-state index is 13.2. The lowest BCUT2D eigenvalue weighted by Gasteiger charge is -2.46. The molecule has 6 nitrogen and oxygen atoms in total. The minimum absolute atomic E-state index is 0.00385. The van der Waals surface area contributed by atoms with Gasteiger partial charge in [0.1, 0.15) is 27.4 Å². The third-order valence-corrected chi connectivity index (χ3v) is 8.03. The smallest absolute Gasteiger partial charge is 0.355 e. The Morgan fingerprint density at radius 3 is 1.91 bits per heavy atom. The van der Waals surface area contributed by atoms with E-state index in [1.54, 1.807) is 27.7 Å². The van der Waals surface area contributed by atoms with Crippen LogP contribution in [0, 0.1) is 22.9 Å². The van der Waals surface area contributed by atoms with Crippen LogP contribution in [0.1, 0.15) is 27.7 Å². The van der Waals surface area contributed by atoms with Crippen LogP contribution in [0.25, 0.3) is 0 Å². The minimum atomic E-state index is -3.75. The molecular weight excluding hydrogens is 458 g/mol. The van der Waals surface area contributed by atoms with Crippen molar-refractivity contribution in [2.45, 2.75) is 78.0 Å². The van der Waals surface area contributed by atoms with E-state index in [4.69, 9.17) is 4.74 Å². The van der Waals surface area contributed by atoms with Crippen molar-refractivity contribution in [3.8, 4) is 22.9 Å². The van der Waals surface area contributed by atoms with Gasteiger partial charge in [-0.15, -0.1) is 11.1 Å². The summed E-state index contributed by atoms with van der Waals surface area (Å²) < 4.78 is 31.6. The molecule has 2 rings (SSSR count). The van der Waals surface area contributed by atoms with Crippen molar-refractivity contribution in [1.82, 2.24) is 4.90 Å². The molecule has 0 radical (unpaired) electrons. The van der Waals surface area contributed by atoms with Crippen molar-refractivity contribution in [3.05, 3.63) is 22.4 Å². The monoisotopic (exact) mass is 491 g/mol. The Bertz CT molecular complexity index is 1120. The molecule has 1 unspecified atom stereocenters. The van der Waals surface area contributed by atoms with Crippen molar-refractivity contribution < 1.29 is 22.7 Å². The van der Waals surface area contributed by atoms with Gasteiger partial charge in [-0.2, -0.15) is 0 Å². The van der Waals surface area contributed by atoms with E-state index in [-0.39, 0.29) is 22.6 Å². The zero-order valence-electron chi connectivity index (χ0n) is 20.7. The van der Waals surface area contributed by atoms with Crippen LogP contribution >= 0.6 is 0 Å². The van der Waals surface area contributed by atoms with Gasteiger partial charge in [-0.05, 0) is 33.3 Å². The molecule has 2 aliphatic heterocycles. The van der Waals surface area contributed by atoms with E-state index >= 15 is 0 Å². The van der Waals surface area contributed by atoms with E-state index in [9.17, 15) is 18.0 Å². The van der Waals surface area contributed by atoms with Crippen LogP contribution in [0.4, 0.5) is 0 Å². The number of hydrogen-bond donors (Lipinski definition) is 0. The number of sulfone groups is 1. The molecule has 1 saturated heterocycles. The Morgan fingerprint density at radius 1 is 1.03 bits per heavy atom. The first-order valence-electron chi connectivity index (χ1n) is 10.5. The summed E-state index contributed by atoms with van der Waals surface area (Å²) in [4.78, 5) is 27.1. The third kappa shape index (κ3) is 6.03. The fourth-order valence-corrected chi connectivity index (χ4v) is 6.11. The van der Waals surface area contributed by atoms with Crippen LogP contribution in [0.5, 0.6) is 0 Å². The van der Waals surface area contributed by atoms with Gasteiger partial charge < -0.3 is 4.74 Å². The SMILES string of the molecule is CC1=C(C(=O)OC(C)(C)C)N2C(=O)C(=C(C#C[Si](C)(C)C)C#C[Si](C)(C)C)C2S(=O)(=O)C1. The molecule has 0 aromatic rings. The summed E-state index contributed by atoms with van der Waals surface area (Å²) in [5.74, 6) is 4.47. The van der Waals surface area contributed by atoms with Crippen molar-refractivity contribution >= 4 is 37.9 Å². The molecule has 0 aliphatic carbocycles. The Hall–Kier alpha value is -2.08. The van der Waals surface area contributed by atoms with E-state index in [1.807, 2.05) is 0 Å². The van der Waals surface area contributed by atoms with Gasteiger partial charge in [-0.25, -0.2) is 13.2 Å². The number of ether oxygens (including phenoxy) is 1. The number of carbonyl (C=O) groups excluding carboxylic acids is 2. The summed E-state index contributed by atoms with van der Waals surface area (Å²) in [6, 6.07) is 0. The van der Waals surface area contributed by atoms with Crippen LogP contribution in [-0.4, -0.2) is 58.1 Å². The summed E-state index contributed by atoms with van der Waals surface area (Å²) in [5, 5.41) is -1.26. The molecule has 1 atom stereocenters. The highest BCUT2D eigenvalue weighted by Gasteiger charge is 2.57. The number of amides is 1. The van der Waals surface area contributed by atoms with Gasteiger partial charge in [0.05, 0.1) is 16.9 Å². The first kappa shape index (κ1) is 26.2. The molecular formula is C23H33NO5SSi2. The summed E-state index contributed by atoms with van der Waals surface area (Å²) >= 11 is 0. The Morgan fingerprint density at radius 2 is 1.50 bits per heavy atom. The second kappa shape index (κ2) is 8.37. The normalized spacial score (nSPS) is 20.3. The minimum Gasteiger partial charge on any atom is -0.455 e. The zero-order chi connectivity index (χ0) is 24.9. The van der Waals surface area contributed by atoms with Gasteiger partial charge >= 0.3 is 5.97 Å². The van der Waals surface area contributed by atoms with Gasteiger partial charge in [0, 0.05) is 0 Å². The Balaban J connectivity index is 2.70. The third-order valence-electron chi connectivity index (χ3n) is 4.32. The Labute approximate surface area is 194 Å². The summed E-state index contributed by atoms with van der Waals surface area (Å²) in [5.41, 5.74) is 6.24. The van der Waals surface area contributed by atoms with Crippen LogP contribution in [0.2, 0.25) is 39.3 Å². The van der Waals surface area contributed by atoms with Gasteiger partial charge in [-0.1, -0.05) is 51.1 Å². The van der Waals surface area contributed by atoms with Gasteiger partial charge in [0.2, 0.25) is 0 Å². The second-order valence-electron chi connectivity index (χ2n) is 11.3. The average molecular weight is 492 g/mol. The maximum Gasteiger partial charge on any atom is 0.355 e. The number of fused-ring (bicyclic) bond motifs is 1. The van der Waals surface area contributed by atoms with Crippen molar-refractivity contribution in [1.29, 1.82) is 0 Å². The first-order valence-corrected chi connectivity index (χ1v) is 19.2. The van der Waals surface area contributed by atoms with Gasteiger partial charge in [0.15, 0.2) is 15.2 Å². The predicted octanol–water partition coefficient (Wildman–Crippen LogP) is 3.26. The summed E-state index contributed by atoms with van der Waals surface area (Å²) in [6.45, 7) is 19.1. The van der Waals surface area contributed by atoms with E-state index in [1.165, 1.54) is 0 Å². The predicted molar refractivity (Wildman–Crippen MR) is 132 cm³/mol. The van der Waals surface area contributed by atoms with E-state index in [0.29, 0.717) is 5.57 Å². The molecule has 1 amide bonds.